The quantitative estimate of drug-likeness (QED) is 0.500. The highest BCUT2D eigenvalue weighted by atomic mass is 32.1. The highest BCUT2D eigenvalue weighted by Gasteiger charge is 2.33. The van der Waals surface area contributed by atoms with Crippen molar-refractivity contribution in [2.45, 2.75) is 19.1 Å². The lowest BCUT2D eigenvalue weighted by atomic mass is 10.2. The molecule has 4 amide bonds. The molecule has 194 valence electrons. The zero-order valence-corrected chi connectivity index (χ0v) is 19.8. The van der Waals surface area contributed by atoms with Crippen molar-refractivity contribution in [3.63, 3.8) is 0 Å². The molecule has 2 fully saturated rings. The first-order valence-corrected chi connectivity index (χ1v) is 12.0. The molecule has 1 aromatic heterocycles. The summed E-state index contributed by atoms with van der Waals surface area (Å²) < 4.78 is 44.8. The Morgan fingerprint density at radius 1 is 1.25 bits per heavy atom. The molecule has 15 heteroatoms. The molecule has 0 aliphatic carbocycles. The second-order valence-corrected chi connectivity index (χ2v) is 8.91. The number of cyclic esters (lactones) is 1. The minimum Gasteiger partial charge on any atom is -0.442 e. The highest BCUT2D eigenvalue weighted by molar-refractivity contribution is 7.09. The van der Waals surface area contributed by atoms with Gasteiger partial charge in [0, 0.05) is 31.2 Å². The number of rotatable bonds is 7. The maximum atomic E-state index is 15.0. The Labute approximate surface area is 208 Å². The van der Waals surface area contributed by atoms with Gasteiger partial charge in [-0.15, -0.1) is 11.3 Å². The number of halogens is 3. The van der Waals surface area contributed by atoms with Crippen molar-refractivity contribution in [3.8, 4) is 0 Å². The van der Waals surface area contributed by atoms with E-state index in [1.54, 1.807) is 17.2 Å². The number of carbonyl (C=O) groups excluding carboxylic acids is 3. The summed E-state index contributed by atoms with van der Waals surface area (Å²) in [5.41, 5.74) is 3.56. The van der Waals surface area contributed by atoms with Gasteiger partial charge in [-0.3, -0.25) is 14.7 Å². The normalized spacial score (nSPS) is 18.3. The van der Waals surface area contributed by atoms with Gasteiger partial charge in [0.25, 0.3) is 5.91 Å². The van der Waals surface area contributed by atoms with Gasteiger partial charge < -0.3 is 20.3 Å². The molecule has 0 bridgehead atoms. The minimum atomic E-state index is -3.17. The van der Waals surface area contributed by atoms with E-state index in [-0.39, 0.29) is 24.8 Å². The van der Waals surface area contributed by atoms with Gasteiger partial charge in [0.15, 0.2) is 0 Å². The topological polar surface area (TPSA) is 119 Å². The van der Waals surface area contributed by atoms with E-state index in [2.05, 4.69) is 15.7 Å². The number of carbonyl (C=O) groups is 3. The van der Waals surface area contributed by atoms with Gasteiger partial charge in [-0.1, -0.05) is 0 Å². The number of thiazole rings is 1. The van der Waals surface area contributed by atoms with Crippen molar-refractivity contribution in [1.29, 1.82) is 0 Å². The Morgan fingerprint density at radius 3 is 2.81 bits per heavy atom. The van der Waals surface area contributed by atoms with E-state index >= 15 is 4.39 Å². The Kier molecular flexibility index (Phi) is 8.10. The predicted molar refractivity (Wildman–Crippen MR) is 124 cm³/mol. The number of hydrogen-bond acceptors (Lipinski definition) is 8. The van der Waals surface area contributed by atoms with Crippen LogP contribution in [0, 0.1) is 5.82 Å². The van der Waals surface area contributed by atoms with Crippen LogP contribution in [-0.2, 0) is 16.1 Å². The Hall–Kier alpha value is -3.59. The average Bonchev–Trinajstić information content (AvgIpc) is 3.44. The number of amides is 4. The number of hydrazine groups is 1. The maximum Gasteiger partial charge on any atom is 0.414 e. The van der Waals surface area contributed by atoms with Crippen LogP contribution in [-0.4, -0.2) is 79.8 Å². The second kappa shape index (κ2) is 11.4. The van der Waals surface area contributed by atoms with Crippen LogP contribution < -0.4 is 25.9 Å². The van der Waals surface area contributed by atoms with E-state index < -0.39 is 30.3 Å². The van der Waals surface area contributed by atoms with Crippen LogP contribution in [0.4, 0.5) is 34.1 Å². The van der Waals surface area contributed by atoms with Crippen molar-refractivity contribution < 1.29 is 32.3 Å². The molecular formula is C21H24F3N7O4S. The number of aromatic nitrogens is 1. The molecule has 3 heterocycles. The van der Waals surface area contributed by atoms with E-state index in [1.165, 1.54) is 33.4 Å². The van der Waals surface area contributed by atoms with Crippen molar-refractivity contribution in [2.75, 3.05) is 49.1 Å². The number of hydrogen-bond donors (Lipinski definition) is 3. The molecule has 1 atom stereocenters. The summed E-state index contributed by atoms with van der Waals surface area (Å²) in [7, 11) is 0. The van der Waals surface area contributed by atoms with Gasteiger partial charge in [0.05, 0.1) is 37.6 Å². The molecule has 0 saturated carbocycles. The third-order valence-electron chi connectivity index (χ3n) is 5.56. The fraction of sp³-hybridized carbons (Fsp3) is 0.429. The van der Waals surface area contributed by atoms with E-state index in [1.807, 2.05) is 10.7 Å². The lowest BCUT2D eigenvalue weighted by Gasteiger charge is -2.24. The summed E-state index contributed by atoms with van der Waals surface area (Å²) in [4.78, 5) is 42.7. The Balaban J connectivity index is 1.32. The third-order valence-corrected chi connectivity index (χ3v) is 6.34. The van der Waals surface area contributed by atoms with E-state index in [0.29, 0.717) is 38.4 Å². The van der Waals surface area contributed by atoms with Gasteiger partial charge in [-0.25, -0.2) is 24.4 Å². The van der Waals surface area contributed by atoms with Crippen LogP contribution in [0.2, 0.25) is 0 Å². The van der Waals surface area contributed by atoms with Gasteiger partial charge >= 0.3 is 18.5 Å². The average molecular weight is 528 g/mol. The number of anilines is 2. The zero-order chi connectivity index (χ0) is 25.7. The standard InChI is InChI=1S/C21H24F3N7O4S/c22-15-9-13(30-12-14(35-21(30)34)10-26-19(32)18(23)24)1-2-16(15)29-5-3-28-31(7-6-29)20(33)27-11-17-25-4-8-36-17/h1-2,4,8-9,14,18,28H,3,5-7,10-12H2,(H,26,32)(H,27,33)/t14-/m0/s1. The van der Waals surface area contributed by atoms with E-state index in [9.17, 15) is 23.2 Å². The van der Waals surface area contributed by atoms with Crippen LogP contribution in [0.3, 0.4) is 0 Å². The molecule has 11 nitrogen and oxygen atoms in total. The molecule has 2 aliphatic heterocycles. The molecule has 36 heavy (non-hydrogen) atoms. The summed E-state index contributed by atoms with van der Waals surface area (Å²) in [5.74, 6) is -2.03. The Morgan fingerprint density at radius 2 is 2.08 bits per heavy atom. The predicted octanol–water partition coefficient (Wildman–Crippen LogP) is 1.53. The van der Waals surface area contributed by atoms with Crippen LogP contribution in [0.25, 0.3) is 0 Å². The minimum absolute atomic E-state index is 0.0279. The number of nitrogens with zero attached hydrogens (tertiary/aromatic N) is 4. The zero-order valence-electron chi connectivity index (χ0n) is 19.0. The fourth-order valence-corrected chi connectivity index (χ4v) is 4.34. The lowest BCUT2D eigenvalue weighted by molar-refractivity contribution is -0.132. The summed E-state index contributed by atoms with van der Waals surface area (Å²) in [5, 5.41) is 8.83. The van der Waals surface area contributed by atoms with Crippen molar-refractivity contribution in [3.05, 3.63) is 40.6 Å². The Bertz CT molecular complexity index is 1090. The largest absolute Gasteiger partial charge is 0.442 e. The van der Waals surface area contributed by atoms with Gasteiger partial charge in [-0.05, 0) is 18.2 Å². The molecule has 0 radical (unpaired) electrons. The van der Waals surface area contributed by atoms with Crippen molar-refractivity contribution in [2.24, 2.45) is 0 Å². The first-order chi connectivity index (χ1) is 17.3. The summed E-state index contributed by atoms with van der Waals surface area (Å²) in [6.45, 7) is 1.51. The maximum absolute atomic E-state index is 15.0. The van der Waals surface area contributed by atoms with Gasteiger partial charge in [0.2, 0.25) is 0 Å². The van der Waals surface area contributed by atoms with Crippen molar-refractivity contribution in [1.82, 2.24) is 26.1 Å². The number of urea groups is 1. The molecule has 2 aliphatic rings. The van der Waals surface area contributed by atoms with Gasteiger partial charge in [0.1, 0.15) is 16.9 Å². The summed E-state index contributed by atoms with van der Waals surface area (Å²) in [6, 6.07) is 3.96. The monoisotopic (exact) mass is 527 g/mol. The highest BCUT2D eigenvalue weighted by Crippen LogP contribution is 2.28. The molecule has 2 aromatic rings. The number of alkyl halides is 2. The lowest BCUT2D eigenvalue weighted by Crippen LogP contribution is -2.48. The van der Waals surface area contributed by atoms with E-state index in [4.69, 9.17) is 4.74 Å². The SMILES string of the molecule is O=C(NC[C@H]1CN(c2ccc(N3CCNN(C(=O)NCc4nccs4)CC3)c(F)c2)C(=O)O1)C(F)F. The van der Waals surface area contributed by atoms with Crippen LogP contribution in [0.5, 0.6) is 0 Å². The molecular weight excluding hydrogens is 503 g/mol. The molecule has 1 aromatic carbocycles. The van der Waals surface area contributed by atoms with E-state index in [0.717, 1.165) is 5.01 Å². The number of nitrogens with one attached hydrogen (secondary N) is 3. The molecule has 3 N–H and O–H groups in total. The first-order valence-electron chi connectivity index (χ1n) is 11.1. The molecule has 4 rings (SSSR count). The van der Waals surface area contributed by atoms with Crippen LogP contribution >= 0.6 is 11.3 Å². The van der Waals surface area contributed by atoms with Crippen LogP contribution in [0.1, 0.15) is 5.01 Å². The van der Waals surface area contributed by atoms with Gasteiger partial charge in [-0.2, -0.15) is 8.78 Å². The summed E-state index contributed by atoms with van der Waals surface area (Å²) in [6.07, 6.45) is -3.11. The number of ether oxygens (including phenoxy) is 1. The summed E-state index contributed by atoms with van der Waals surface area (Å²) >= 11 is 1.44. The molecule has 0 spiro atoms. The fourth-order valence-electron chi connectivity index (χ4n) is 3.78. The number of benzene rings is 1. The third kappa shape index (κ3) is 6.15. The van der Waals surface area contributed by atoms with Crippen LogP contribution in [0.15, 0.2) is 29.8 Å². The van der Waals surface area contributed by atoms with Crippen molar-refractivity contribution >= 4 is 40.7 Å². The molecule has 2 saturated heterocycles. The first kappa shape index (κ1) is 25.5. The second-order valence-electron chi connectivity index (χ2n) is 7.93. The smallest absolute Gasteiger partial charge is 0.414 e. The molecule has 0 unspecified atom stereocenters.